The second-order valence-corrected chi connectivity index (χ2v) is 6.67. The van der Waals surface area contributed by atoms with Crippen LogP contribution in [0, 0.1) is 13.8 Å². The summed E-state index contributed by atoms with van der Waals surface area (Å²) in [5, 5.41) is 71.8. The van der Waals surface area contributed by atoms with E-state index in [9.17, 15) is 35.7 Å². The third kappa shape index (κ3) is 1.99. The van der Waals surface area contributed by atoms with Gasteiger partial charge in [0.2, 0.25) is 17.2 Å². The standard InChI is InChI=1S/C20H17NO7/c1-6-7(2)15(23)13-10(14(6)22)8-4-3-5-9(12(8)21-13)11-16(24)18(26)20(28)19(27)17(11)25/h3-5,21-28H,1-2H3. The summed E-state index contributed by atoms with van der Waals surface area (Å²) < 4.78 is 0. The number of H-pyrrole nitrogens is 1. The van der Waals surface area contributed by atoms with Crippen molar-refractivity contribution in [3.05, 3.63) is 29.3 Å². The van der Waals surface area contributed by atoms with Gasteiger partial charge in [-0.1, -0.05) is 18.2 Å². The van der Waals surface area contributed by atoms with Crippen molar-refractivity contribution < 1.29 is 35.7 Å². The summed E-state index contributed by atoms with van der Waals surface area (Å²) >= 11 is 0. The predicted octanol–water partition coefficient (Wildman–Crippen LogP) is 3.54. The summed E-state index contributed by atoms with van der Waals surface area (Å²) in [5.74, 6) is -4.79. The Morgan fingerprint density at radius 3 is 1.75 bits per heavy atom. The zero-order valence-corrected chi connectivity index (χ0v) is 14.9. The van der Waals surface area contributed by atoms with E-state index in [2.05, 4.69) is 4.98 Å². The molecule has 0 unspecified atom stereocenters. The Balaban J connectivity index is 2.21. The molecule has 0 saturated carbocycles. The Bertz CT molecular complexity index is 1280. The monoisotopic (exact) mass is 383 g/mol. The average Bonchev–Trinajstić information content (AvgIpc) is 3.08. The van der Waals surface area contributed by atoms with Crippen molar-refractivity contribution in [3.63, 3.8) is 0 Å². The molecule has 1 aromatic heterocycles. The zero-order chi connectivity index (χ0) is 20.5. The molecule has 8 nitrogen and oxygen atoms in total. The molecule has 0 aliphatic heterocycles. The maximum absolute atomic E-state index is 10.6. The number of para-hydroxylation sites is 1. The van der Waals surface area contributed by atoms with Crippen molar-refractivity contribution in [1.29, 1.82) is 0 Å². The van der Waals surface area contributed by atoms with Crippen LogP contribution in [0.3, 0.4) is 0 Å². The number of fused-ring (bicyclic) bond motifs is 3. The largest absolute Gasteiger partial charge is 0.507 e. The molecule has 0 aliphatic rings. The first-order valence-electron chi connectivity index (χ1n) is 8.31. The summed E-state index contributed by atoms with van der Waals surface area (Å²) in [6.07, 6.45) is 0. The van der Waals surface area contributed by atoms with E-state index in [-0.39, 0.29) is 28.1 Å². The van der Waals surface area contributed by atoms with Gasteiger partial charge in [-0.2, -0.15) is 0 Å². The molecule has 3 aromatic carbocycles. The highest BCUT2D eigenvalue weighted by atomic mass is 16.4. The summed E-state index contributed by atoms with van der Waals surface area (Å²) in [6, 6.07) is 4.74. The highest BCUT2D eigenvalue weighted by molar-refractivity contribution is 6.17. The third-order valence-corrected chi connectivity index (χ3v) is 5.22. The van der Waals surface area contributed by atoms with Crippen molar-refractivity contribution >= 4 is 21.8 Å². The van der Waals surface area contributed by atoms with Gasteiger partial charge in [0.05, 0.1) is 22.0 Å². The lowest BCUT2D eigenvalue weighted by atomic mass is 9.97. The minimum Gasteiger partial charge on any atom is -0.507 e. The van der Waals surface area contributed by atoms with Crippen LogP contribution in [0.15, 0.2) is 18.2 Å². The highest BCUT2D eigenvalue weighted by Crippen LogP contribution is 2.56. The maximum atomic E-state index is 10.6. The van der Waals surface area contributed by atoms with Crippen LogP contribution in [0.1, 0.15) is 11.1 Å². The van der Waals surface area contributed by atoms with Gasteiger partial charge in [0, 0.05) is 10.9 Å². The molecule has 0 bridgehead atoms. The minimum absolute atomic E-state index is 0.0291. The fourth-order valence-corrected chi connectivity index (χ4v) is 3.52. The molecule has 0 amide bonds. The number of aromatic amines is 1. The lowest BCUT2D eigenvalue weighted by Gasteiger charge is -2.13. The molecule has 28 heavy (non-hydrogen) atoms. The van der Waals surface area contributed by atoms with Crippen LogP contribution in [0.4, 0.5) is 0 Å². The minimum atomic E-state index is -1.05. The molecule has 8 N–H and O–H groups in total. The van der Waals surface area contributed by atoms with Gasteiger partial charge in [-0.25, -0.2) is 0 Å². The molecule has 4 rings (SSSR count). The van der Waals surface area contributed by atoms with Gasteiger partial charge in [0.25, 0.3) is 0 Å². The van der Waals surface area contributed by atoms with Crippen LogP contribution in [0.2, 0.25) is 0 Å². The van der Waals surface area contributed by atoms with Gasteiger partial charge in [-0.15, -0.1) is 0 Å². The Morgan fingerprint density at radius 1 is 0.607 bits per heavy atom. The first kappa shape index (κ1) is 17.5. The van der Waals surface area contributed by atoms with E-state index in [1.807, 2.05) is 0 Å². The maximum Gasteiger partial charge on any atom is 0.208 e. The fraction of sp³-hybridized carbons (Fsp3) is 0.100. The predicted molar refractivity (Wildman–Crippen MR) is 102 cm³/mol. The van der Waals surface area contributed by atoms with Gasteiger partial charge < -0.3 is 40.7 Å². The Hall–Kier alpha value is -3.94. The van der Waals surface area contributed by atoms with E-state index >= 15 is 0 Å². The number of nitrogens with one attached hydrogen (secondary N) is 1. The summed E-state index contributed by atoms with van der Waals surface area (Å²) in [5.41, 5.74) is 1.42. The van der Waals surface area contributed by atoms with E-state index in [0.717, 1.165) is 0 Å². The molecule has 0 aliphatic carbocycles. The molecule has 144 valence electrons. The number of phenols is 7. The van der Waals surface area contributed by atoms with Gasteiger partial charge in [-0.3, -0.25) is 0 Å². The number of hydrogen-bond donors (Lipinski definition) is 8. The van der Waals surface area contributed by atoms with Crippen LogP contribution >= 0.6 is 0 Å². The van der Waals surface area contributed by atoms with Crippen LogP contribution < -0.4 is 0 Å². The SMILES string of the molecule is Cc1c(C)c(O)c2c([nH]c3c(-c4c(O)c(O)c(O)c(O)c4O)cccc32)c1O. The van der Waals surface area contributed by atoms with Gasteiger partial charge in [0.1, 0.15) is 11.5 Å². The lowest BCUT2D eigenvalue weighted by molar-refractivity contribution is 0.330. The van der Waals surface area contributed by atoms with Crippen molar-refractivity contribution in [2.45, 2.75) is 13.8 Å². The fourth-order valence-electron chi connectivity index (χ4n) is 3.52. The van der Waals surface area contributed by atoms with E-state index in [0.29, 0.717) is 27.4 Å². The van der Waals surface area contributed by atoms with Gasteiger partial charge in [-0.05, 0) is 25.0 Å². The molecular weight excluding hydrogens is 366 g/mol. The molecule has 8 heteroatoms. The second-order valence-electron chi connectivity index (χ2n) is 6.67. The molecular formula is C20H17NO7. The Labute approximate surface area is 157 Å². The van der Waals surface area contributed by atoms with E-state index in [4.69, 9.17) is 0 Å². The molecule has 0 fully saturated rings. The Morgan fingerprint density at radius 2 is 1.14 bits per heavy atom. The number of rotatable bonds is 1. The highest BCUT2D eigenvalue weighted by Gasteiger charge is 2.27. The lowest BCUT2D eigenvalue weighted by Crippen LogP contribution is -1.86. The molecule has 4 aromatic rings. The third-order valence-electron chi connectivity index (χ3n) is 5.22. The van der Waals surface area contributed by atoms with E-state index < -0.39 is 28.7 Å². The van der Waals surface area contributed by atoms with Crippen LogP contribution in [-0.2, 0) is 0 Å². The van der Waals surface area contributed by atoms with Crippen molar-refractivity contribution in [2.24, 2.45) is 0 Å². The smallest absolute Gasteiger partial charge is 0.208 e. The van der Waals surface area contributed by atoms with Gasteiger partial charge >= 0.3 is 0 Å². The topological polar surface area (TPSA) is 157 Å². The quantitative estimate of drug-likeness (QED) is 0.184. The summed E-state index contributed by atoms with van der Waals surface area (Å²) in [7, 11) is 0. The molecule has 0 atom stereocenters. The van der Waals surface area contributed by atoms with Crippen molar-refractivity contribution in [3.8, 4) is 51.4 Å². The average molecular weight is 383 g/mol. The molecule has 0 radical (unpaired) electrons. The molecule has 0 spiro atoms. The van der Waals surface area contributed by atoms with Crippen molar-refractivity contribution in [1.82, 2.24) is 4.98 Å². The van der Waals surface area contributed by atoms with Gasteiger partial charge in [0.15, 0.2) is 11.5 Å². The number of hydrogen-bond acceptors (Lipinski definition) is 7. The van der Waals surface area contributed by atoms with Crippen LogP contribution in [0.25, 0.3) is 32.9 Å². The number of aromatic nitrogens is 1. The molecule has 1 heterocycles. The van der Waals surface area contributed by atoms with Crippen molar-refractivity contribution in [2.75, 3.05) is 0 Å². The summed E-state index contributed by atoms with van der Waals surface area (Å²) in [4.78, 5) is 2.97. The number of benzene rings is 3. The van der Waals surface area contributed by atoms with Crippen LogP contribution in [-0.4, -0.2) is 40.7 Å². The Kier molecular flexibility index (Phi) is 3.45. The number of phenolic OH excluding ortho intramolecular Hbond substituents is 7. The second kappa shape index (κ2) is 5.53. The van der Waals surface area contributed by atoms with Crippen LogP contribution in [0.5, 0.6) is 40.2 Å². The number of aromatic hydroxyl groups is 7. The first-order chi connectivity index (χ1) is 13.2. The zero-order valence-electron chi connectivity index (χ0n) is 14.9. The summed E-state index contributed by atoms with van der Waals surface area (Å²) in [6.45, 7) is 3.32. The van der Waals surface area contributed by atoms with E-state index in [1.165, 1.54) is 6.07 Å². The normalized spacial score (nSPS) is 11.5. The molecule has 0 saturated heterocycles. The van der Waals surface area contributed by atoms with E-state index in [1.54, 1.807) is 26.0 Å². The first-order valence-corrected chi connectivity index (χ1v) is 8.31.